The van der Waals surface area contributed by atoms with Crippen LogP contribution in [0.1, 0.15) is 11.1 Å². The van der Waals surface area contributed by atoms with Crippen molar-refractivity contribution in [3.8, 4) is 5.75 Å². The molecule has 3 aromatic rings. The lowest BCUT2D eigenvalue weighted by Gasteiger charge is -2.05. The predicted molar refractivity (Wildman–Crippen MR) is 79.4 cm³/mol. The first-order chi connectivity index (χ1) is 9.69. The Morgan fingerprint density at radius 3 is 2.60 bits per heavy atom. The van der Waals surface area contributed by atoms with E-state index < -0.39 is 0 Å². The van der Waals surface area contributed by atoms with Gasteiger partial charge in [0, 0.05) is 0 Å². The molecule has 0 bridgehead atoms. The highest BCUT2D eigenvalue weighted by Crippen LogP contribution is 2.17. The molecule has 1 N–H and O–H groups in total. The molecule has 0 saturated heterocycles. The number of para-hydroxylation sites is 1. The Hall–Kier alpha value is -2.49. The summed E-state index contributed by atoms with van der Waals surface area (Å²) >= 11 is 0. The highest BCUT2D eigenvalue weighted by molar-refractivity contribution is 5.78. The van der Waals surface area contributed by atoms with Gasteiger partial charge in [-0.3, -0.25) is 4.57 Å². The number of imidazole rings is 1. The first-order valence-electron chi connectivity index (χ1n) is 6.50. The predicted octanol–water partition coefficient (Wildman–Crippen LogP) is 2.69. The Bertz CT molecular complexity index is 797. The average molecular weight is 268 g/mol. The van der Waals surface area contributed by atoms with Gasteiger partial charge >= 0.3 is 5.69 Å². The fourth-order valence-corrected chi connectivity index (χ4v) is 2.39. The number of fused-ring (bicyclic) bond motifs is 1. The summed E-state index contributed by atoms with van der Waals surface area (Å²) in [5.41, 5.74) is 3.91. The highest BCUT2D eigenvalue weighted by Gasteiger charge is 2.08. The first kappa shape index (κ1) is 12.5. The molecule has 0 aliphatic rings. The lowest BCUT2D eigenvalue weighted by atomic mass is 10.2. The second-order valence-electron chi connectivity index (χ2n) is 4.83. The number of aryl methyl sites for hydroxylation is 1. The molecule has 0 unspecified atom stereocenters. The van der Waals surface area contributed by atoms with Gasteiger partial charge in [0.05, 0.1) is 24.7 Å². The zero-order chi connectivity index (χ0) is 14.1. The van der Waals surface area contributed by atoms with Crippen molar-refractivity contribution in [1.29, 1.82) is 0 Å². The van der Waals surface area contributed by atoms with E-state index in [1.54, 1.807) is 11.7 Å². The SMILES string of the molecule is COc1ccc(Cn2c(=O)[nH]c3c(C)cccc32)cc1. The van der Waals surface area contributed by atoms with Crippen molar-refractivity contribution in [3.63, 3.8) is 0 Å². The summed E-state index contributed by atoms with van der Waals surface area (Å²) in [4.78, 5) is 15.0. The van der Waals surface area contributed by atoms with Crippen LogP contribution >= 0.6 is 0 Å². The van der Waals surface area contributed by atoms with E-state index in [1.807, 2.05) is 49.4 Å². The minimum atomic E-state index is -0.0786. The molecule has 3 rings (SSSR count). The number of H-pyrrole nitrogens is 1. The molecule has 20 heavy (non-hydrogen) atoms. The van der Waals surface area contributed by atoms with Crippen LogP contribution in [0.5, 0.6) is 5.75 Å². The van der Waals surface area contributed by atoms with E-state index in [2.05, 4.69) is 4.98 Å². The van der Waals surface area contributed by atoms with Gasteiger partial charge < -0.3 is 9.72 Å². The van der Waals surface area contributed by atoms with Crippen LogP contribution in [-0.4, -0.2) is 16.7 Å². The van der Waals surface area contributed by atoms with Crippen LogP contribution in [0.2, 0.25) is 0 Å². The van der Waals surface area contributed by atoms with Gasteiger partial charge in [0.25, 0.3) is 0 Å². The fraction of sp³-hybridized carbons (Fsp3) is 0.188. The number of methoxy groups -OCH3 is 1. The highest BCUT2D eigenvalue weighted by atomic mass is 16.5. The third-order valence-corrected chi connectivity index (χ3v) is 3.52. The molecule has 0 radical (unpaired) electrons. The molecule has 1 aromatic heterocycles. The summed E-state index contributed by atoms with van der Waals surface area (Å²) in [6, 6.07) is 13.7. The zero-order valence-electron chi connectivity index (χ0n) is 11.5. The smallest absolute Gasteiger partial charge is 0.326 e. The van der Waals surface area contributed by atoms with Crippen molar-refractivity contribution in [2.24, 2.45) is 0 Å². The van der Waals surface area contributed by atoms with Gasteiger partial charge in [-0.1, -0.05) is 24.3 Å². The standard InChI is InChI=1S/C16H16N2O2/c1-11-4-3-5-14-15(11)17-16(19)18(14)10-12-6-8-13(20-2)9-7-12/h3-9H,10H2,1-2H3,(H,17,19). The third kappa shape index (κ3) is 2.09. The summed E-state index contributed by atoms with van der Waals surface area (Å²) in [6.07, 6.45) is 0. The lowest BCUT2D eigenvalue weighted by molar-refractivity contribution is 0.414. The minimum absolute atomic E-state index is 0.0786. The third-order valence-electron chi connectivity index (χ3n) is 3.52. The lowest BCUT2D eigenvalue weighted by Crippen LogP contribution is -2.17. The van der Waals surface area contributed by atoms with Crippen molar-refractivity contribution >= 4 is 11.0 Å². The molecule has 2 aromatic carbocycles. The Balaban J connectivity index is 2.04. The van der Waals surface area contributed by atoms with E-state index in [9.17, 15) is 4.79 Å². The quantitative estimate of drug-likeness (QED) is 0.794. The van der Waals surface area contributed by atoms with Crippen LogP contribution in [0.3, 0.4) is 0 Å². The number of aromatic amines is 1. The van der Waals surface area contributed by atoms with Gasteiger partial charge in [0.2, 0.25) is 0 Å². The van der Waals surface area contributed by atoms with Gasteiger partial charge in [0.15, 0.2) is 0 Å². The number of rotatable bonds is 3. The molecular formula is C16H16N2O2. The summed E-state index contributed by atoms with van der Waals surface area (Å²) in [5, 5.41) is 0. The molecule has 0 atom stereocenters. The van der Waals surface area contributed by atoms with E-state index in [0.29, 0.717) is 6.54 Å². The summed E-state index contributed by atoms with van der Waals surface area (Å²) in [5.74, 6) is 0.816. The van der Waals surface area contributed by atoms with Crippen LogP contribution in [0.15, 0.2) is 47.3 Å². The van der Waals surface area contributed by atoms with E-state index >= 15 is 0 Å². The van der Waals surface area contributed by atoms with E-state index in [1.165, 1.54) is 0 Å². The number of ether oxygens (including phenoxy) is 1. The molecule has 4 nitrogen and oxygen atoms in total. The molecule has 0 aliphatic carbocycles. The molecular weight excluding hydrogens is 252 g/mol. The largest absolute Gasteiger partial charge is 0.497 e. The number of nitrogens with zero attached hydrogens (tertiary/aromatic N) is 1. The molecule has 0 amide bonds. The Kier molecular flexibility index (Phi) is 3.06. The van der Waals surface area contributed by atoms with Crippen molar-refractivity contribution in [1.82, 2.24) is 9.55 Å². The molecule has 0 aliphatic heterocycles. The number of hydrogen-bond acceptors (Lipinski definition) is 2. The molecule has 1 heterocycles. The van der Waals surface area contributed by atoms with Crippen LogP contribution in [-0.2, 0) is 6.54 Å². The average Bonchev–Trinajstić information content (AvgIpc) is 2.78. The maximum absolute atomic E-state index is 12.1. The maximum atomic E-state index is 12.1. The Labute approximate surface area is 116 Å². The van der Waals surface area contributed by atoms with Gasteiger partial charge in [-0.2, -0.15) is 0 Å². The van der Waals surface area contributed by atoms with Crippen molar-refractivity contribution in [2.75, 3.05) is 7.11 Å². The van der Waals surface area contributed by atoms with E-state index in [-0.39, 0.29) is 5.69 Å². The Morgan fingerprint density at radius 1 is 1.15 bits per heavy atom. The van der Waals surface area contributed by atoms with Gasteiger partial charge in [-0.25, -0.2) is 4.79 Å². The number of nitrogens with one attached hydrogen (secondary N) is 1. The van der Waals surface area contributed by atoms with Crippen molar-refractivity contribution in [3.05, 3.63) is 64.1 Å². The number of benzene rings is 2. The molecule has 0 saturated carbocycles. The second-order valence-corrected chi connectivity index (χ2v) is 4.83. The monoisotopic (exact) mass is 268 g/mol. The van der Waals surface area contributed by atoms with E-state index in [4.69, 9.17) is 4.74 Å². The minimum Gasteiger partial charge on any atom is -0.497 e. The van der Waals surface area contributed by atoms with Gasteiger partial charge in [-0.05, 0) is 36.2 Å². The van der Waals surface area contributed by atoms with Crippen molar-refractivity contribution in [2.45, 2.75) is 13.5 Å². The van der Waals surface area contributed by atoms with Gasteiger partial charge in [0.1, 0.15) is 5.75 Å². The fourth-order valence-electron chi connectivity index (χ4n) is 2.39. The maximum Gasteiger partial charge on any atom is 0.326 e. The van der Waals surface area contributed by atoms with Crippen LogP contribution in [0, 0.1) is 6.92 Å². The zero-order valence-corrected chi connectivity index (χ0v) is 11.5. The van der Waals surface area contributed by atoms with Gasteiger partial charge in [-0.15, -0.1) is 0 Å². The summed E-state index contributed by atoms with van der Waals surface area (Å²) < 4.78 is 6.89. The molecule has 0 spiro atoms. The van der Waals surface area contributed by atoms with Crippen molar-refractivity contribution < 1.29 is 4.74 Å². The second kappa shape index (κ2) is 4.89. The normalized spacial score (nSPS) is 10.9. The van der Waals surface area contributed by atoms with E-state index in [0.717, 1.165) is 27.9 Å². The topological polar surface area (TPSA) is 47.0 Å². The Morgan fingerprint density at radius 2 is 1.90 bits per heavy atom. The summed E-state index contributed by atoms with van der Waals surface area (Å²) in [6.45, 7) is 2.54. The number of aromatic nitrogens is 2. The first-order valence-corrected chi connectivity index (χ1v) is 6.50. The van der Waals surface area contributed by atoms with Crippen LogP contribution in [0.25, 0.3) is 11.0 Å². The molecule has 0 fully saturated rings. The van der Waals surface area contributed by atoms with Crippen LogP contribution in [0.4, 0.5) is 0 Å². The number of hydrogen-bond donors (Lipinski definition) is 1. The van der Waals surface area contributed by atoms with Crippen LogP contribution < -0.4 is 10.4 Å². The summed E-state index contributed by atoms with van der Waals surface area (Å²) in [7, 11) is 1.64. The molecule has 4 heteroatoms. The molecule has 102 valence electrons.